The maximum atomic E-state index is 4.69. The van der Waals surface area contributed by atoms with Crippen LogP contribution in [0.25, 0.3) is 0 Å². The molecule has 0 spiro atoms. The van der Waals surface area contributed by atoms with E-state index >= 15 is 0 Å². The lowest BCUT2D eigenvalue weighted by Gasteiger charge is -2.30. The van der Waals surface area contributed by atoms with Gasteiger partial charge in [-0.05, 0) is 22.8 Å². The molecule has 1 aliphatic rings. The van der Waals surface area contributed by atoms with Crippen LogP contribution in [0.5, 0.6) is 0 Å². The van der Waals surface area contributed by atoms with E-state index in [9.17, 15) is 0 Å². The molecule has 0 aromatic carbocycles. The summed E-state index contributed by atoms with van der Waals surface area (Å²) in [6, 6.07) is 4.72. The molecular weight excluding hydrogens is 260 g/mol. The molecule has 2 heterocycles. The van der Waals surface area contributed by atoms with Crippen LogP contribution in [-0.2, 0) is 0 Å². The van der Waals surface area contributed by atoms with Gasteiger partial charge in [-0.2, -0.15) is 0 Å². The molecule has 1 N–H and O–H groups in total. The highest BCUT2D eigenvalue weighted by atomic mass is 32.2. The number of amidine groups is 1. The van der Waals surface area contributed by atoms with E-state index < -0.39 is 0 Å². The average molecular weight is 282 g/mol. The van der Waals surface area contributed by atoms with Gasteiger partial charge in [-0.1, -0.05) is 45.5 Å². The second-order valence-corrected chi connectivity index (χ2v) is 7.90. The molecule has 0 saturated carbocycles. The molecule has 4 heteroatoms. The van der Waals surface area contributed by atoms with E-state index in [2.05, 4.69) is 55.5 Å². The Morgan fingerprint density at radius 2 is 2.17 bits per heavy atom. The molecule has 0 bridgehead atoms. The van der Waals surface area contributed by atoms with Crippen molar-refractivity contribution in [2.24, 2.45) is 16.3 Å². The third-order valence-electron chi connectivity index (χ3n) is 3.05. The first kappa shape index (κ1) is 13.9. The monoisotopic (exact) mass is 282 g/mol. The second-order valence-electron chi connectivity index (χ2n) is 5.96. The summed E-state index contributed by atoms with van der Waals surface area (Å²) in [7, 11) is 0. The van der Waals surface area contributed by atoms with Crippen molar-refractivity contribution >= 4 is 28.3 Å². The van der Waals surface area contributed by atoms with E-state index in [1.165, 1.54) is 4.88 Å². The van der Waals surface area contributed by atoms with Crippen LogP contribution < -0.4 is 5.32 Å². The fourth-order valence-corrected chi connectivity index (χ4v) is 3.83. The van der Waals surface area contributed by atoms with E-state index in [1.807, 2.05) is 23.1 Å². The number of hydrogen-bond acceptors (Lipinski definition) is 4. The van der Waals surface area contributed by atoms with E-state index in [1.54, 1.807) is 0 Å². The minimum Gasteiger partial charge on any atom is -0.357 e. The van der Waals surface area contributed by atoms with Crippen molar-refractivity contribution in [3.05, 3.63) is 22.4 Å². The molecule has 1 aromatic heterocycles. The standard InChI is InChI=1S/C14H22N2S2/c1-10(2)12(11-6-5-7-17-11)16-13-15-8-14(3,4)9-18-13/h5-7,10,12H,8-9H2,1-4H3,(H,15,16). The molecule has 0 aliphatic carbocycles. The maximum absolute atomic E-state index is 4.69. The largest absolute Gasteiger partial charge is 0.357 e. The highest BCUT2D eigenvalue weighted by molar-refractivity contribution is 8.13. The van der Waals surface area contributed by atoms with Gasteiger partial charge >= 0.3 is 0 Å². The molecular formula is C14H22N2S2. The van der Waals surface area contributed by atoms with Gasteiger partial charge in [0.05, 0.1) is 6.04 Å². The van der Waals surface area contributed by atoms with Crippen LogP contribution in [0.1, 0.15) is 38.6 Å². The molecule has 0 fully saturated rings. The lowest BCUT2D eigenvalue weighted by molar-refractivity contribution is 0.432. The van der Waals surface area contributed by atoms with Gasteiger partial charge in [-0.15, -0.1) is 11.3 Å². The van der Waals surface area contributed by atoms with Crippen LogP contribution in [0, 0.1) is 11.3 Å². The fourth-order valence-electron chi connectivity index (χ4n) is 1.90. The summed E-state index contributed by atoms with van der Waals surface area (Å²) >= 11 is 3.68. The molecule has 2 nitrogen and oxygen atoms in total. The number of nitrogens with one attached hydrogen (secondary N) is 1. The Hall–Kier alpha value is -0.480. The van der Waals surface area contributed by atoms with Gasteiger partial charge < -0.3 is 5.32 Å². The van der Waals surface area contributed by atoms with Crippen molar-refractivity contribution in [2.75, 3.05) is 12.3 Å². The van der Waals surface area contributed by atoms with Crippen molar-refractivity contribution in [3.8, 4) is 0 Å². The first-order valence-electron chi connectivity index (χ1n) is 6.45. The minimum absolute atomic E-state index is 0.339. The predicted octanol–water partition coefficient (Wildman–Crippen LogP) is 4.16. The summed E-state index contributed by atoms with van der Waals surface area (Å²) in [6.07, 6.45) is 0. The zero-order valence-corrected chi connectivity index (χ0v) is 13.2. The van der Waals surface area contributed by atoms with Crippen LogP contribution in [-0.4, -0.2) is 17.5 Å². The third-order valence-corrected chi connectivity index (χ3v) is 5.45. The van der Waals surface area contributed by atoms with Gasteiger partial charge in [-0.25, -0.2) is 0 Å². The number of thiophene rings is 1. The first-order valence-corrected chi connectivity index (χ1v) is 8.32. The highest BCUT2D eigenvalue weighted by Crippen LogP contribution is 2.30. The van der Waals surface area contributed by atoms with Gasteiger partial charge in [0.15, 0.2) is 5.17 Å². The number of hydrogen-bond donors (Lipinski definition) is 1. The summed E-state index contributed by atoms with van der Waals surface area (Å²) < 4.78 is 0. The lowest BCUT2D eigenvalue weighted by atomic mass is 9.97. The smallest absolute Gasteiger partial charge is 0.157 e. The van der Waals surface area contributed by atoms with Gasteiger partial charge in [-0.3, -0.25) is 4.99 Å². The zero-order chi connectivity index (χ0) is 13.2. The zero-order valence-electron chi connectivity index (χ0n) is 11.6. The molecule has 1 atom stereocenters. The quantitative estimate of drug-likeness (QED) is 0.900. The summed E-state index contributed by atoms with van der Waals surface area (Å²) in [5.41, 5.74) is 0.339. The number of thioether (sulfide) groups is 1. The van der Waals surface area contributed by atoms with Crippen LogP contribution in [0.15, 0.2) is 22.5 Å². The van der Waals surface area contributed by atoms with Gasteiger partial charge in [0.25, 0.3) is 0 Å². The minimum atomic E-state index is 0.339. The summed E-state index contributed by atoms with van der Waals surface area (Å²) in [6.45, 7) is 10.0. The topological polar surface area (TPSA) is 24.4 Å². The van der Waals surface area contributed by atoms with E-state index in [0.29, 0.717) is 17.4 Å². The average Bonchev–Trinajstić information content (AvgIpc) is 2.80. The number of aliphatic imine (C=N–C) groups is 1. The van der Waals surface area contributed by atoms with Gasteiger partial charge in [0.1, 0.15) is 0 Å². The molecule has 1 aromatic rings. The van der Waals surface area contributed by atoms with Crippen molar-refractivity contribution < 1.29 is 0 Å². The van der Waals surface area contributed by atoms with Crippen molar-refractivity contribution in [1.82, 2.24) is 5.32 Å². The summed E-state index contributed by atoms with van der Waals surface area (Å²) in [5.74, 6) is 1.72. The molecule has 1 aliphatic heterocycles. The molecule has 0 radical (unpaired) electrons. The normalized spacial score (nSPS) is 20.6. The predicted molar refractivity (Wildman–Crippen MR) is 83.6 cm³/mol. The van der Waals surface area contributed by atoms with Crippen molar-refractivity contribution in [2.45, 2.75) is 33.7 Å². The molecule has 100 valence electrons. The molecule has 1 unspecified atom stereocenters. The SMILES string of the molecule is CC(C)C(NC1=NCC(C)(C)CS1)c1cccs1. The third kappa shape index (κ3) is 3.51. The molecule has 18 heavy (non-hydrogen) atoms. The van der Waals surface area contributed by atoms with Crippen molar-refractivity contribution in [3.63, 3.8) is 0 Å². The second kappa shape index (κ2) is 5.66. The first-order chi connectivity index (χ1) is 8.48. The van der Waals surface area contributed by atoms with Crippen LogP contribution in [0.3, 0.4) is 0 Å². The summed E-state index contributed by atoms with van der Waals surface area (Å²) in [5, 5.41) is 6.88. The lowest BCUT2D eigenvalue weighted by Crippen LogP contribution is -2.35. The van der Waals surface area contributed by atoms with Crippen LogP contribution in [0.2, 0.25) is 0 Å². The van der Waals surface area contributed by atoms with Crippen LogP contribution in [0.4, 0.5) is 0 Å². The van der Waals surface area contributed by atoms with Gasteiger partial charge in [0, 0.05) is 17.2 Å². The molecule has 0 amide bonds. The van der Waals surface area contributed by atoms with E-state index in [0.717, 1.165) is 17.5 Å². The van der Waals surface area contributed by atoms with Crippen LogP contribution >= 0.6 is 23.1 Å². The van der Waals surface area contributed by atoms with Crippen molar-refractivity contribution in [1.29, 1.82) is 0 Å². The Kier molecular flexibility index (Phi) is 4.38. The fraction of sp³-hybridized carbons (Fsp3) is 0.643. The highest BCUT2D eigenvalue weighted by Gasteiger charge is 2.25. The Morgan fingerprint density at radius 3 is 2.67 bits per heavy atom. The van der Waals surface area contributed by atoms with Gasteiger partial charge in [0.2, 0.25) is 0 Å². The molecule has 2 rings (SSSR count). The van der Waals surface area contributed by atoms with E-state index in [4.69, 9.17) is 0 Å². The Labute approximate surface area is 118 Å². The Morgan fingerprint density at radius 1 is 1.39 bits per heavy atom. The Balaban J connectivity index is 2.05. The summed E-state index contributed by atoms with van der Waals surface area (Å²) in [4.78, 5) is 6.09. The number of nitrogens with zero attached hydrogens (tertiary/aromatic N) is 1. The number of rotatable bonds is 3. The Bertz CT molecular complexity index is 407. The maximum Gasteiger partial charge on any atom is 0.157 e. The molecule has 0 saturated heterocycles. The van der Waals surface area contributed by atoms with E-state index in [-0.39, 0.29) is 0 Å².